The topological polar surface area (TPSA) is 66.2 Å². The van der Waals surface area contributed by atoms with Crippen LogP contribution < -0.4 is 0 Å². The molecule has 0 N–H and O–H groups in total. The molecule has 1 aliphatic heterocycles. The molecular formula is C16H22N3O3P. The molecule has 0 amide bonds. The molecule has 2 heterocycles. The Kier molecular flexibility index (Phi) is 4.17. The van der Waals surface area contributed by atoms with E-state index in [9.17, 15) is 4.57 Å². The average molecular weight is 335 g/mol. The minimum Gasteiger partial charge on any atom is -0.348 e. The predicted octanol–water partition coefficient (Wildman–Crippen LogP) is 3.22. The Morgan fingerprint density at radius 1 is 1.30 bits per heavy atom. The summed E-state index contributed by atoms with van der Waals surface area (Å²) in [5.74, 6) is -1.09. The van der Waals surface area contributed by atoms with Crippen molar-refractivity contribution < 1.29 is 14.0 Å². The summed E-state index contributed by atoms with van der Waals surface area (Å²) >= 11 is 0. The third-order valence-electron chi connectivity index (χ3n) is 3.89. The summed E-state index contributed by atoms with van der Waals surface area (Å²) in [5.41, 5.74) is 1.81. The van der Waals surface area contributed by atoms with Gasteiger partial charge >= 0.3 is 0 Å². The summed E-state index contributed by atoms with van der Waals surface area (Å²) in [6.07, 6.45) is 1.37. The van der Waals surface area contributed by atoms with Crippen LogP contribution in [0.5, 0.6) is 0 Å². The number of nitrogens with zero attached hydrogens (tertiary/aromatic N) is 3. The second-order valence-corrected chi connectivity index (χ2v) is 10.0. The van der Waals surface area contributed by atoms with E-state index >= 15 is 0 Å². The third-order valence-corrected chi connectivity index (χ3v) is 5.72. The first-order chi connectivity index (χ1) is 10.8. The van der Waals surface area contributed by atoms with Crippen LogP contribution in [0.4, 0.5) is 0 Å². The number of rotatable bonds is 4. The molecule has 0 saturated carbocycles. The highest BCUT2D eigenvalue weighted by molar-refractivity contribution is 7.62. The maximum atomic E-state index is 13.0. The summed E-state index contributed by atoms with van der Waals surface area (Å²) in [6.45, 7) is 7.61. The van der Waals surface area contributed by atoms with Gasteiger partial charge in [-0.1, -0.05) is 35.5 Å². The Balaban J connectivity index is 2.03. The summed E-state index contributed by atoms with van der Waals surface area (Å²) in [5, 5.41) is 8.25. The van der Waals surface area contributed by atoms with E-state index in [0.717, 1.165) is 11.3 Å². The van der Waals surface area contributed by atoms with Crippen LogP contribution in [0.25, 0.3) is 11.3 Å². The van der Waals surface area contributed by atoms with E-state index in [1.165, 1.54) is 0 Å². The lowest BCUT2D eigenvalue weighted by molar-refractivity contribution is -0.140. The van der Waals surface area contributed by atoms with Gasteiger partial charge in [-0.3, -0.25) is 0 Å². The molecule has 3 rings (SSSR count). The molecule has 23 heavy (non-hydrogen) atoms. The maximum absolute atomic E-state index is 13.0. The number of benzene rings is 1. The van der Waals surface area contributed by atoms with Gasteiger partial charge < -0.3 is 14.0 Å². The van der Waals surface area contributed by atoms with Gasteiger partial charge in [-0.2, -0.15) is 0 Å². The Hall–Kier alpha value is -1.49. The van der Waals surface area contributed by atoms with Crippen LogP contribution in [-0.2, 0) is 14.0 Å². The number of aromatic nitrogens is 3. The third kappa shape index (κ3) is 3.39. The number of hydrogen-bond donors (Lipinski definition) is 0. The molecule has 1 unspecified atom stereocenters. The fraction of sp³-hybridized carbons (Fsp3) is 0.500. The second-order valence-electron chi connectivity index (χ2n) is 6.64. The zero-order valence-corrected chi connectivity index (χ0v) is 14.7. The summed E-state index contributed by atoms with van der Waals surface area (Å²) in [4.78, 5) is 0. The van der Waals surface area contributed by atoms with Crippen LogP contribution >= 0.6 is 7.14 Å². The molecule has 124 valence electrons. The zero-order chi connectivity index (χ0) is 16.7. The van der Waals surface area contributed by atoms with E-state index in [0.29, 0.717) is 6.61 Å². The van der Waals surface area contributed by atoms with Crippen molar-refractivity contribution in [2.45, 2.75) is 31.5 Å². The second kappa shape index (κ2) is 5.86. The molecule has 1 aromatic carbocycles. The molecule has 2 atom stereocenters. The highest BCUT2D eigenvalue weighted by Crippen LogP contribution is 2.54. The van der Waals surface area contributed by atoms with Gasteiger partial charge in [-0.15, -0.1) is 5.10 Å². The van der Waals surface area contributed by atoms with Crippen molar-refractivity contribution in [2.75, 3.05) is 19.9 Å². The van der Waals surface area contributed by atoms with Crippen molar-refractivity contribution in [3.8, 4) is 11.3 Å². The Morgan fingerprint density at radius 3 is 2.57 bits per heavy atom. The first kappa shape index (κ1) is 16.4. The molecule has 1 fully saturated rings. The molecule has 1 aromatic heterocycles. The van der Waals surface area contributed by atoms with E-state index in [2.05, 4.69) is 10.3 Å². The van der Waals surface area contributed by atoms with Crippen molar-refractivity contribution in [3.63, 3.8) is 0 Å². The Bertz CT molecular complexity index is 723. The molecule has 1 aliphatic rings. The fourth-order valence-corrected chi connectivity index (χ4v) is 4.58. The molecular weight excluding hydrogens is 313 g/mol. The Labute approximate surface area is 136 Å². The molecule has 0 bridgehead atoms. The SMILES string of the molecule is CC1(C)OCC([C@H](n2nncc2-c2ccccc2)P(C)(C)=O)O1. The van der Waals surface area contributed by atoms with Crippen LogP contribution in [0.2, 0.25) is 0 Å². The van der Waals surface area contributed by atoms with Crippen molar-refractivity contribution in [1.29, 1.82) is 0 Å². The molecule has 7 heteroatoms. The van der Waals surface area contributed by atoms with Crippen molar-refractivity contribution in [2.24, 2.45) is 0 Å². The van der Waals surface area contributed by atoms with Crippen LogP contribution in [0.3, 0.4) is 0 Å². The first-order valence-corrected chi connectivity index (χ1v) is 10.3. The maximum Gasteiger partial charge on any atom is 0.163 e. The minimum atomic E-state index is -2.56. The van der Waals surface area contributed by atoms with E-state index in [1.807, 2.05) is 44.2 Å². The van der Waals surface area contributed by atoms with E-state index in [4.69, 9.17) is 9.47 Å². The van der Waals surface area contributed by atoms with Crippen LogP contribution in [0.15, 0.2) is 36.5 Å². The quantitative estimate of drug-likeness (QED) is 0.803. The van der Waals surface area contributed by atoms with Crippen LogP contribution in [0, 0.1) is 0 Å². The lowest BCUT2D eigenvalue weighted by Gasteiger charge is -2.28. The predicted molar refractivity (Wildman–Crippen MR) is 88.9 cm³/mol. The normalized spacial score (nSPS) is 22.2. The zero-order valence-electron chi connectivity index (χ0n) is 13.8. The highest BCUT2D eigenvalue weighted by atomic mass is 31.2. The summed E-state index contributed by atoms with van der Waals surface area (Å²) in [7, 11) is -2.56. The van der Waals surface area contributed by atoms with Gasteiger partial charge in [-0.05, 0) is 27.2 Å². The van der Waals surface area contributed by atoms with Gasteiger partial charge in [0.05, 0.1) is 18.5 Å². The van der Waals surface area contributed by atoms with Gasteiger partial charge in [0.2, 0.25) is 0 Å². The van der Waals surface area contributed by atoms with Gasteiger partial charge in [0.15, 0.2) is 5.79 Å². The van der Waals surface area contributed by atoms with Gasteiger partial charge in [-0.25, -0.2) is 4.68 Å². The van der Waals surface area contributed by atoms with Gasteiger partial charge in [0, 0.05) is 5.56 Å². The fourth-order valence-electron chi connectivity index (χ4n) is 2.94. The van der Waals surface area contributed by atoms with Gasteiger partial charge in [0.1, 0.15) is 19.0 Å². The monoisotopic (exact) mass is 335 g/mol. The Morgan fingerprint density at radius 2 is 2.00 bits per heavy atom. The standard InChI is InChI=1S/C16H22N3O3P/c1-16(2)21-11-14(22-16)15(23(3,4)20)19-13(10-17-18-19)12-8-6-5-7-9-12/h5-10,14-15H,11H2,1-4H3/t14?,15-/m1/s1. The lowest BCUT2D eigenvalue weighted by Crippen LogP contribution is -2.30. The molecule has 0 aliphatic carbocycles. The van der Waals surface area contributed by atoms with E-state index < -0.39 is 18.7 Å². The molecule has 6 nitrogen and oxygen atoms in total. The molecule has 1 saturated heterocycles. The molecule has 2 aromatic rings. The van der Waals surface area contributed by atoms with Crippen LogP contribution in [-0.4, -0.2) is 46.8 Å². The van der Waals surface area contributed by atoms with Crippen LogP contribution in [0.1, 0.15) is 19.6 Å². The summed E-state index contributed by atoms with van der Waals surface area (Å²) < 4.78 is 26.3. The largest absolute Gasteiger partial charge is 0.348 e. The molecule has 0 spiro atoms. The number of ether oxygens (including phenoxy) is 2. The first-order valence-electron chi connectivity index (χ1n) is 7.60. The van der Waals surface area contributed by atoms with Crippen molar-refractivity contribution >= 4 is 7.14 Å². The van der Waals surface area contributed by atoms with E-state index in [1.54, 1.807) is 24.2 Å². The van der Waals surface area contributed by atoms with Crippen molar-refractivity contribution in [3.05, 3.63) is 36.5 Å². The van der Waals surface area contributed by atoms with Crippen molar-refractivity contribution in [1.82, 2.24) is 15.0 Å². The lowest BCUT2D eigenvalue weighted by atomic mass is 10.1. The van der Waals surface area contributed by atoms with E-state index in [-0.39, 0.29) is 6.10 Å². The smallest absolute Gasteiger partial charge is 0.163 e. The highest BCUT2D eigenvalue weighted by Gasteiger charge is 2.44. The summed E-state index contributed by atoms with van der Waals surface area (Å²) in [6, 6.07) is 9.84. The molecule has 0 radical (unpaired) electrons. The van der Waals surface area contributed by atoms with Gasteiger partial charge in [0.25, 0.3) is 0 Å². The number of hydrogen-bond acceptors (Lipinski definition) is 5. The minimum absolute atomic E-state index is 0.324. The average Bonchev–Trinajstić information content (AvgIpc) is 3.06.